The monoisotopic (exact) mass is 2590 g/mol. The molecule has 0 radical (unpaired) electrons. The van der Waals surface area contributed by atoms with Crippen LogP contribution in [0.15, 0.2) is 160 Å². The Morgan fingerprint density at radius 3 is 1.04 bits per heavy atom. The maximum Gasteiger partial charge on any atom is 0.328 e. The molecule has 4 unspecified atom stereocenters. The van der Waals surface area contributed by atoms with Crippen molar-refractivity contribution in [1.29, 1.82) is 0 Å². The molecule has 0 bridgehead atoms. The van der Waals surface area contributed by atoms with Crippen molar-refractivity contribution in [2.24, 2.45) is 11.8 Å². The topological polar surface area (TPSA) is 556 Å². The van der Waals surface area contributed by atoms with Crippen LogP contribution in [0.3, 0.4) is 0 Å². The van der Waals surface area contributed by atoms with E-state index in [9.17, 15) is 87.5 Å². The largest absolute Gasteiger partial charge is 0.481 e. The average molecular weight is 2590 g/mol. The van der Waals surface area contributed by atoms with Gasteiger partial charge in [-0.3, -0.25) is 71.8 Å². The number of nitrogens with zero attached hydrogens (tertiary/aromatic N) is 2. The van der Waals surface area contributed by atoms with Crippen molar-refractivity contribution in [3.8, 4) is 22.3 Å². The van der Waals surface area contributed by atoms with Gasteiger partial charge in [0.1, 0.15) is 92.7 Å². The number of ether oxygens (including phenoxy) is 6. The summed E-state index contributed by atoms with van der Waals surface area (Å²) in [6, 6.07) is 32.0. The minimum Gasteiger partial charge on any atom is -0.481 e. The summed E-state index contributed by atoms with van der Waals surface area (Å²) in [5.41, 5.74) is 4.18. The first-order valence-corrected chi connectivity index (χ1v) is 50.8. The molecule has 0 spiro atoms. The van der Waals surface area contributed by atoms with E-state index in [0.717, 1.165) is 74.3 Å². The van der Waals surface area contributed by atoms with Gasteiger partial charge in [-0.15, -0.1) is 0 Å². The van der Waals surface area contributed by atoms with Gasteiger partial charge in [-0.25, -0.2) is 19.2 Å². The Hall–Kier alpha value is -11.0. The zero-order chi connectivity index (χ0) is 97.2. The Labute approximate surface area is 788 Å². The molecule has 4 saturated heterocycles. The number of nitrogens with one attached hydrogen (secondary N) is 6. The number of hydrogen-bond acceptors (Lipinski definition) is 26. The Morgan fingerprint density at radius 1 is 0.485 bits per heavy atom. The van der Waals surface area contributed by atoms with Gasteiger partial charge in [-0.05, 0) is 110 Å². The van der Waals surface area contributed by atoms with Gasteiger partial charge >= 0.3 is 40.7 Å². The number of aromatic nitrogens is 8. The molecule has 36 nitrogen and oxygen atoms in total. The fraction of sp³-hybridized carbons (Fsp3) is 0.511. The molecule has 4 aromatic carbocycles. The van der Waals surface area contributed by atoms with Crippen molar-refractivity contribution in [2.45, 2.75) is 236 Å². The summed E-state index contributed by atoms with van der Waals surface area (Å²) in [7, 11) is -5.23. The van der Waals surface area contributed by atoms with Gasteiger partial charge in [0.05, 0.1) is 73.7 Å². The SMILES string of the molecule is C.CC[C@H]1O[C@@H](c2c[nH]c(=O)[nH]c2=O)C(O[Si](C)(C)C(C)(C)C)[C@H]1C.CC[C@H]1O[C@@H](c2cn(CC(=O)OCC3c4ccccc4-c4ccccc43)c(=O)[nH]c2=O)C(O[Si](C)(C)C(C)(C)C)[C@H]1C.O.O=C(Br)CBr.O=C(Cn1cc([C@@H]2O[C@H](CO)[C@H](O)C2O)c(=O)[nH]c1=O)OCC1c2ccccc2-c2ccccc21.O=C(O)CBr.O=c1[nH]cc([C@@H]2O[C@H](CO)[C@H](O)C2O)c(=O)[nH]1.[2H]CF.[Fm].[Fm]. The third-order valence-corrected chi connectivity index (χ3v) is 35.3. The number of hydrogen-bond donors (Lipinski definition) is 13. The molecule has 8 heterocycles. The molecule has 0 amide bonds. The molecule has 0 saturated carbocycles. The normalized spacial score (nSPS) is 22.9. The van der Waals surface area contributed by atoms with Gasteiger partial charge in [0.2, 0.25) is 4.69 Å². The van der Waals surface area contributed by atoms with Crippen molar-refractivity contribution in [3.63, 3.8) is 0 Å². The molecule has 4 aliphatic heterocycles. The smallest absolute Gasteiger partial charge is 0.328 e. The molecule has 44 heteroatoms. The molecule has 4 aromatic heterocycles. The number of H-pyrrole nitrogens is 6. The van der Waals surface area contributed by atoms with Crippen LogP contribution in [-0.4, -0.2) is 225 Å². The molecular formula is C90H122Br3FFm2N8O28Si2. The average Bonchev–Trinajstić information content (AvgIpc) is 1.60. The second-order valence-electron chi connectivity index (χ2n) is 34.8. The Kier molecular flexibility index (Phi) is 42.3. The number of carboxylic acids is 1. The van der Waals surface area contributed by atoms with Gasteiger partial charge in [-0.2, -0.15) is 0 Å². The van der Waals surface area contributed by atoms with Crippen LogP contribution >= 0.6 is 47.8 Å². The molecule has 14 rings (SSSR count). The minimum absolute atomic E-state index is 0. The number of carbonyl (C=O) groups excluding carboxylic acids is 3. The first-order valence-electron chi connectivity index (χ1n) is 42.7. The summed E-state index contributed by atoms with van der Waals surface area (Å²) in [5.74, 6) is -2.07. The van der Waals surface area contributed by atoms with E-state index in [-0.39, 0.29) is 118 Å². The van der Waals surface area contributed by atoms with Crippen LogP contribution in [-0.2, 0) is 69.5 Å². The second kappa shape index (κ2) is 50.0. The van der Waals surface area contributed by atoms with Crippen LogP contribution in [0.1, 0.15) is 172 Å². The number of aliphatic carboxylic acids is 1. The van der Waals surface area contributed by atoms with E-state index in [4.69, 9.17) is 48.9 Å². The van der Waals surface area contributed by atoms with Crippen LogP contribution in [0.25, 0.3) is 22.3 Å². The summed E-state index contributed by atoms with van der Waals surface area (Å²) in [4.78, 5) is 155. The minimum atomic E-state index is -2.21. The molecule has 16 atom stereocenters. The Morgan fingerprint density at radius 2 is 0.761 bits per heavy atom. The molecule has 6 aliphatic rings. The summed E-state index contributed by atoms with van der Waals surface area (Å²) >= 11 is 8.32. The Balaban J connectivity index is 0.000000370. The zero-order valence-corrected chi connectivity index (χ0v) is 87.1. The number of aromatic amines is 6. The number of benzene rings is 4. The van der Waals surface area contributed by atoms with E-state index in [1.807, 2.05) is 77.8 Å². The predicted octanol–water partition coefficient (Wildman–Crippen LogP) is 8.14. The van der Waals surface area contributed by atoms with Crippen molar-refractivity contribution in [2.75, 3.05) is 44.2 Å². The van der Waals surface area contributed by atoms with E-state index in [0.29, 0.717) is 10.9 Å². The number of carbonyl (C=O) groups is 4. The van der Waals surface area contributed by atoms with Gasteiger partial charge in [0.25, 0.3) is 22.2 Å². The second-order valence-corrected chi connectivity index (χ2v) is 46.3. The third kappa shape index (κ3) is 27.2. The van der Waals surface area contributed by atoms with Crippen LogP contribution in [0.5, 0.6) is 0 Å². The molecule has 134 heavy (non-hydrogen) atoms. The zero-order valence-electron chi connectivity index (χ0n) is 76.5. The van der Waals surface area contributed by atoms with Crippen molar-refractivity contribution < 1.29 is 103 Å². The van der Waals surface area contributed by atoms with Crippen molar-refractivity contribution in [1.82, 2.24) is 39.0 Å². The van der Waals surface area contributed by atoms with Gasteiger partial charge in [-0.1, -0.05) is 206 Å². The van der Waals surface area contributed by atoms with Gasteiger partial charge < -0.3 is 88.5 Å². The predicted molar refractivity (Wildman–Crippen MR) is 506 cm³/mol. The van der Waals surface area contributed by atoms with E-state index >= 15 is 0 Å². The quantitative estimate of drug-likeness (QED) is 0.0132. The number of alkyl halides is 3. The van der Waals surface area contributed by atoms with Gasteiger partial charge in [0, 0.05) is 48.5 Å². The van der Waals surface area contributed by atoms with Crippen LogP contribution < -0.4 is 45.0 Å². The number of carboxylic acid groups (broad SMARTS) is 1. The maximum absolute atomic E-state index is 13.1. The van der Waals surface area contributed by atoms with E-state index in [2.05, 4.69) is 192 Å². The number of aliphatic hydroxyl groups is 6. The van der Waals surface area contributed by atoms with Crippen molar-refractivity contribution in [3.05, 3.63) is 250 Å². The number of halogens is 4. The first kappa shape index (κ1) is 113. The van der Waals surface area contributed by atoms with Crippen LogP contribution in [0.2, 0.25) is 36.3 Å². The summed E-state index contributed by atoms with van der Waals surface area (Å²) in [5, 5.41) is 65.7. The summed E-state index contributed by atoms with van der Waals surface area (Å²) in [6.45, 7) is 28.6. The number of rotatable bonds is 22. The van der Waals surface area contributed by atoms with E-state index in [1.54, 1.807) is 0 Å². The Bertz CT molecular complexity index is 5670. The fourth-order valence-corrected chi connectivity index (χ4v) is 18.2. The molecule has 2 aliphatic carbocycles. The van der Waals surface area contributed by atoms with Gasteiger partial charge in [0.15, 0.2) is 16.6 Å². The standard InChI is InChI=1S/C33H42N2O6Si.C25H24N2O8.C17H30N2O4Si.C9H12N2O6.C2H2Br2O.C2H3BrO2.CH3F.CH4.2Fm.H2O/c1-8-27-20(2)29(41-42(6,7)33(3,4)5)30(40-27)25-17-35(32(38)34-31(25)37)18-28(36)39-19-26-23-15-11-9-13-21(23)22-14-10-12-16-24(22)26;28-11-19-21(30)22(31)23(35-19)17-9-27(25(33)26-24(17)32)10-20(29)34-12-18-15-7-3-1-5-13(15)14-6-2-4-8-16(14)18;1-8-12-10(2)13(23-24(6,7)17(3,4)5)14(22-12)11-9-18-16(21)19-15(11)20;12-2-4-5(13)6(14)7(17-4)3-1-10-9(16)11-8(3)15;2*3-1-2(4)5;1-2;;;;/h9-17,20,26-27,29-30H,8,18-19H2,1-7H3,(H,34,37,38);1-9,18-19,21-23,28,30-31H,10-12H2,(H,26,32,33);9-10,12-14H,8H2,1-7H3,(H2,18,19,20,21);1,4-7,12-14H,2H2,(H2,10,11,15,16);1H2;1H2,(H,4,5);1H3;1H4;;;1H2/t20-,27+,29?,30-;19-,21+,22?,23+;10-,12+,13?,14-;4-,5+,6?,7+;;;;;;;/m0101......./s1/i;;;;;;1D;;;;. The molecule has 15 N–H and O–H groups in total. The van der Waals surface area contributed by atoms with Crippen LogP contribution in [0.4, 0.5) is 4.39 Å². The molecule has 750 valence electrons. The van der Waals surface area contributed by atoms with Crippen molar-refractivity contribution >= 4 is 87.0 Å². The molecule has 4 fully saturated rings. The first-order chi connectivity index (χ1) is 61.7. The van der Waals surface area contributed by atoms with Crippen LogP contribution in [0, 0.1) is 11.8 Å². The summed E-state index contributed by atoms with van der Waals surface area (Å²) in [6.07, 6.45) is -4.89. The summed E-state index contributed by atoms with van der Waals surface area (Å²) < 4.78 is 65.4. The fourth-order valence-electron chi connectivity index (χ4n) is 15.4. The van der Waals surface area contributed by atoms with E-state index < -0.39 is 167 Å². The number of esters is 2. The maximum atomic E-state index is 13.1. The number of fused-ring (bicyclic) bond motifs is 6. The molecule has 8 aromatic rings. The number of aliphatic hydroxyl groups excluding tert-OH is 6. The van der Waals surface area contributed by atoms with E-state index in [1.165, 1.54) is 17.0 Å². The third-order valence-electron chi connectivity index (χ3n) is 24.4. The molecular weight excluding hydrogens is 2470 g/mol.